The van der Waals surface area contributed by atoms with Gasteiger partial charge in [0.15, 0.2) is 0 Å². The lowest BCUT2D eigenvalue weighted by Crippen LogP contribution is -2.34. The second-order valence-corrected chi connectivity index (χ2v) is 5.55. The van der Waals surface area contributed by atoms with Crippen LogP contribution in [0, 0.1) is 5.92 Å². The van der Waals surface area contributed by atoms with Gasteiger partial charge in [0.2, 0.25) is 0 Å². The quantitative estimate of drug-likeness (QED) is 0.860. The first-order chi connectivity index (χ1) is 8.88. The third-order valence-corrected chi connectivity index (χ3v) is 4.22. The van der Waals surface area contributed by atoms with Gasteiger partial charge in [-0.05, 0) is 49.3 Å². The molecule has 3 rings (SSSR count). The molecule has 0 aromatic heterocycles. The molecule has 0 amide bonds. The first-order valence-electron chi connectivity index (χ1n) is 7.31. The van der Waals surface area contributed by atoms with Gasteiger partial charge < -0.3 is 10.1 Å². The Morgan fingerprint density at radius 1 is 1.33 bits per heavy atom. The van der Waals surface area contributed by atoms with E-state index in [1.165, 1.54) is 24.0 Å². The summed E-state index contributed by atoms with van der Waals surface area (Å²) in [5.74, 6) is 0.891. The molecule has 2 unspecified atom stereocenters. The minimum absolute atomic E-state index is 0.305. The van der Waals surface area contributed by atoms with Crippen molar-refractivity contribution in [3.05, 3.63) is 35.4 Å². The van der Waals surface area contributed by atoms with Gasteiger partial charge in [-0.15, -0.1) is 0 Å². The van der Waals surface area contributed by atoms with Crippen LogP contribution in [-0.2, 0) is 11.2 Å². The minimum Gasteiger partial charge on any atom is -0.373 e. The first kappa shape index (κ1) is 12.2. The third kappa shape index (κ3) is 2.60. The fourth-order valence-electron chi connectivity index (χ4n) is 3.11. The van der Waals surface area contributed by atoms with Crippen LogP contribution < -0.4 is 5.32 Å². The highest BCUT2D eigenvalue weighted by Crippen LogP contribution is 2.39. The maximum absolute atomic E-state index is 6.02. The van der Waals surface area contributed by atoms with Gasteiger partial charge in [-0.1, -0.05) is 31.2 Å². The standard InChI is InChI=1S/C16H23NO/c1-2-17-15(13-7-8-13)11-16-14-6-4-3-5-12(14)9-10-18-16/h3-6,13,15-17H,2,7-11H2,1H3. The van der Waals surface area contributed by atoms with Crippen LogP contribution >= 0.6 is 0 Å². The van der Waals surface area contributed by atoms with Crippen molar-refractivity contribution in [1.82, 2.24) is 5.32 Å². The molecule has 0 spiro atoms. The van der Waals surface area contributed by atoms with Crippen molar-refractivity contribution in [2.45, 2.75) is 44.8 Å². The maximum Gasteiger partial charge on any atom is 0.0842 e. The molecule has 18 heavy (non-hydrogen) atoms. The summed E-state index contributed by atoms with van der Waals surface area (Å²) in [5, 5.41) is 3.64. The van der Waals surface area contributed by atoms with Crippen molar-refractivity contribution in [2.24, 2.45) is 5.92 Å². The monoisotopic (exact) mass is 245 g/mol. The van der Waals surface area contributed by atoms with Crippen molar-refractivity contribution in [1.29, 1.82) is 0 Å². The van der Waals surface area contributed by atoms with E-state index in [-0.39, 0.29) is 0 Å². The molecule has 0 saturated heterocycles. The lowest BCUT2D eigenvalue weighted by Gasteiger charge is -2.29. The molecule has 2 aliphatic rings. The molecule has 1 aromatic rings. The predicted molar refractivity (Wildman–Crippen MR) is 73.6 cm³/mol. The lowest BCUT2D eigenvalue weighted by molar-refractivity contribution is 0.0279. The third-order valence-electron chi connectivity index (χ3n) is 4.22. The molecule has 1 fully saturated rings. The van der Waals surface area contributed by atoms with Gasteiger partial charge >= 0.3 is 0 Å². The Morgan fingerprint density at radius 2 is 2.17 bits per heavy atom. The summed E-state index contributed by atoms with van der Waals surface area (Å²) in [5.41, 5.74) is 2.91. The molecule has 2 atom stereocenters. The molecular formula is C16H23NO. The van der Waals surface area contributed by atoms with Gasteiger partial charge in [-0.25, -0.2) is 0 Å². The highest BCUT2D eigenvalue weighted by Gasteiger charge is 2.33. The molecule has 1 aliphatic heterocycles. The largest absolute Gasteiger partial charge is 0.373 e. The molecule has 1 N–H and O–H groups in total. The van der Waals surface area contributed by atoms with Gasteiger partial charge in [-0.3, -0.25) is 0 Å². The van der Waals surface area contributed by atoms with Gasteiger partial charge in [0.05, 0.1) is 12.7 Å². The maximum atomic E-state index is 6.02. The molecule has 2 nitrogen and oxygen atoms in total. The zero-order chi connectivity index (χ0) is 12.4. The van der Waals surface area contributed by atoms with Crippen molar-refractivity contribution < 1.29 is 4.74 Å². The van der Waals surface area contributed by atoms with Crippen LogP contribution in [-0.4, -0.2) is 19.2 Å². The highest BCUT2D eigenvalue weighted by molar-refractivity contribution is 5.31. The van der Waals surface area contributed by atoms with Crippen LogP contribution in [0.5, 0.6) is 0 Å². The van der Waals surface area contributed by atoms with Gasteiger partial charge in [0.25, 0.3) is 0 Å². The summed E-state index contributed by atoms with van der Waals surface area (Å²) in [6.45, 7) is 4.14. The van der Waals surface area contributed by atoms with Crippen molar-refractivity contribution in [2.75, 3.05) is 13.2 Å². The second-order valence-electron chi connectivity index (χ2n) is 5.55. The molecule has 98 valence electrons. The predicted octanol–water partition coefficient (Wildman–Crippen LogP) is 3.08. The van der Waals surface area contributed by atoms with E-state index in [1.807, 2.05) is 0 Å². The smallest absolute Gasteiger partial charge is 0.0842 e. The number of nitrogens with one attached hydrogen (secondary N) is 1. The van der Waals surface area contributed by atoms with Crippen molar-refractivity contribution >= 4 is 0 Å². The van der Waals surface area contributed by atoms with Crippen LogP contribution in [0.2, 0.25) is 0 Å². The Balaban J connectivity index is 1.72. The first-order valence-corrected chi connectivity index (χ1v) is 7.31. The average molecular weight is 245 g/mol. The molecule has 0 radical (unpaired) electrons. The van der Waals surface area contributed by atoms with Crippen LogP contribution in [0.3, 0.4) is 0 Å². The zero-order valence-corrected chi connectivity index (χ0v) is 11.2. The lowest BCUT2D eigenvalue weighted by atomic mass is 9.92. The summed E-state index contributed by atoms with van der Waals surface area (Å²) >= 11 is 0. The summed E-state index contributed by atoms with van der Waals surface area (Å²) in [4.78, 5) is 0. The summed E-state index contributed by atoms with van der Waals surface area (Å²) in [6.07, 6.45) is 5.30. The number of benzene rings is 1. The Bertz CT molecular complexity index is 400. The molecule has 1 aliphatic carbocycles. The zero-order valence-electron chi connectivity index (χ0n) is 11.2. The van der Waals surface area contributed by atoms with E-state index in [0.717, 1.165) is 31.9 Å². The fourth-order valence-corrected chi connectivity index (χ4v) is 3.11. The van der Waals surface area contributed by atoms with E-state index >= 15 is 0 Å². The topological polar surface area (TPSA) is 21.3 Å². The van der Waals surface area contributed by atoms with Crippen LogP contribution in [0.15, 0.2) is 24.3 Å². The van der Waals surface area contributed by atoms with Gasteiger partial charge in [0, 0.05) is 6.04 Å². The molecule has 1 heterocycles. The van der Waals surface area contributed by atoms with Crippen molar-refractivity contribution in [3.63, 3.8) is 0 Å². The van der Waals surface area contributed by atoms with Crippen LogP contribution in [0.4, 0.5) is 0 Å². The van der Waals surface area contributed by atoms with Crippen molar-refractivity contribution in [3.8, 4) is 0 Å². The molecule has 2 heteroatoms. The number of rotatable bonds is 5. The van der Waals surface area contributed by atoms with Crippen LogP contribution in [0.25, 0.3) is 0 Å². The summed E-state index contributed by atoms with van der Waals surface area (Å²) < 4.78 is 6.02. The van der Waals surface area contributed by atoms with E-state index in [1.54, 1.807) is 0 Å². The minimum atomic E-state index is 0.305. The average Bonchev–Trinajstić information content (AvgIpc) is 3.23. The summed E-state index contributed by atoms with van der Waals surface area (Å²) in [6, 6.07) is 9.43. The normalized spacial score (nSPS) is 24.6. The Labute approximate surface area is 110 Å². The van der Waals surface area contributed by atoms with Gasteiger partial charge in [0.1, 0.15) is 0 Å². The van der Waals surface area contributed by atoms with Crippen LogP contribution in [0.1, 0.15) is 43.4 Å². The fraction of sp³-hybridized carbons (Fsp3) is 0.625. The Kier molecular flexibility index (Phi) is 3.67. The van der Waals surface area contributed by atoms with Gasteiger partial charge in [-0.2, -0.15) is 0 Å². The van der Waals surface area contributed by atoms with E-state index in [0.29, 0.717) is 12.1 Å². The SMILES string of the molecule is CCNC(CC1OCCc2ccccc21)C1CC1. The Hall–Kier alpha value is -0.860. The summed E-state index contributed by atoms with van der Waals surface area (Å²) in [7, 11) is 0. The number of hydrogen-bond donors (Lipinski definition) is 1. The van der Waals surface area contributed by atoms with E-state index in [4.69, 9.17) is 4.74 Å². The van der Waals surface area contributed by atoms with E-state index in [2.05, 4.69) is 36.5 Å². The van der Waals surface area contributed by atoms with E-state index in [9.17, 15) is 0 Å². The molecular weight excluding hydrogens is 222 g/mol. The number of fused-ring (bicyclic) bond motifs is 1. The number of hydrogen-bond acceptors (Lipinski definition) is 2. The Morgan fingerprint density at radius 3 is 2.94 bits per heavy atom. The molecule has 1 aromatic carbocycles. The highest BCUT2D eigenvalue weighted by atomic mass is 16.5. The molecule has 1 saturated carbocycles. The van der Waals surface area contributed by atoms with E-state index < -0.39 is 0 Å². The molecule has 0 bridgehead atoms. The second kappa shape index (κ2) is 5.41. The number of ether oxygens (including phenoxy) is 1.